The number of fused-ring (bicyclic) bond motifs is 5. The highest BCUT2D eigenvalue weighted by Gasteiger charge is 2.51. The predicted octanol–water partition coefficient (Wildman–Crippen LogP) is 4.50. The van der Waals surface area contributed by atoms with Crippen LogP contribution < -0.4 is 4.74 Å². The summed E-state index contributed by atoms with van der Waals surface area (Å²) in [7, 11) is 0. The molecule has 0 amide bonds. The van der Waals surface area contributed by atoms with E-state index in [0.717, 1.165) is 43.4 Å². The van der Waals surface area contributed by atoms with Crippen LogP contribution in [0.3, 0.4) is 0 Å². The Hall–Kier alpha value is -2.24. The molecule has 164 valence electrons. The van der Waals surface area contributed by atoms with Gasteiger partial charge in [0.1, 0.15) is 24.3 Å². The van der Waals surface area contributed by atoms with Crippen molar-refractivity contribution in [2.45, 2.75) is 51.0 Å². The molecule has 3 aliphatic carbocycles. The number of aromatic nitrogens is 1. The van der Waals surface area contributed by atoms with Crippen LogP contribution in [0.25, 0.3) is 5.57 Å². The van der Waals surface area contributed by atoms with Crippen LogP contribution in [0.2, 0.25) is 0 Å². The summed E-state index contributed by atoms with van der Waals surface area (Å²) in [5.41, 5.74) is 5.08. The minimum absolute atomic E-state index is 0.0810. The highest BCUT2D eigenvalue weighted by molar-refractivity contribution is 5.72. The Bertz CT molecular complexity index is 1010. The van der Waals surface area contributed by atoms with Gasteiger partial charge in [-0.05, 0) is 95.7 Å². The average molecular weight is 424 g/mol. The molecule has 3 aliphatic rings. The second-order valence-corrected chi connectivity index (χ2v) is 9.63. The van der Waals surface area contributed by atoms with Crippen molar-refractivity contribution in [3.05, 3.63) is 65.2 Å². The molecule has 0 radical (unpaired) electrons. The molecular weight excluding hydrogens is 393 g/mol. The van der Waals surface area contributed by atoms with Crippen LogP contribution >= 0.6 is 0 Å². The third kappa shape index (κ3) is 3.58. The SMILES string of the molecule is CC12CCC3c4ccc(OCC(O)CO)cc4CCC3C1CC=C2c1cncc(F)c1. The van der Waals surface area contributed by atoms with E-state index in [1.54, 1.807) is 12.3 Å². The van der Waals surface area contributed by atoms with Crippen LogP contribution in [-0.2, 0) is 6.42 Å². The molecule has 1 aromatic carbocycles. The van der Waals surface area contributed by atoms with E-state index >= 15 is 0 Å². The first-order valence-electron chi connectivity index (χ1n) is 11.4. The van der Waals surface area contributed by atoms with Gasteiger partial charge in [-0.2, -0.15) is 0 Å². The fraction of sp³-hybridized carbons (Fsp3) is 0.500. The molecule has 0 spiro atoms. The van der Waals surface area contributed by atoms with Gasteiger partial charge in [0.25, 0.3) is 0 Å². The lowest BCUT2D eigenvalue weighted by Crippen LogP contribution is -2.40. The zero-order valence-electron chi connectivity index (χ0n) is 17.9. The van der Waals surface area contributed by atoms with Crippen LogP contribution in [-0.4, -0.2) is 34.5 Å². The number of allylic oxidation sites excluding steroid dienone is 2. The maximum Gasteiger partial charge on any atom is 0.142 e. The summed E-state index contributed by atoms with van der Waals surface area (Å²) in [5.74, 6) is 2.25. The number of rotatable bonds is 5. The maximum atomic E-state index is 13.8. The summed E-state index contributed by atoms with van der Waals surface area (Å²) in [6.45, 7) is 2.18. The van der Waals surface area contributed by atoms with E-state index < -0.39 is 6.10 Å². The minimum Gasteiger partial charge on any atom is -0.491 e. The summed E-state index contributed by atoms with van der Waals surface area (Å²) in [6.07, 6.45) is 10.0. The van der Waals surface area contributed by atoms with Crippen molar-refractivity contribution in [2.24, 2.45) is 17.3 Å². The molecule has 0 aliphatic heterocycles. The fourth-order valence-corrected chi connectivity index (χ4v) is 6.47. The number of hydrogen-bond donors (Lipinski definition) is 2. The number of pyridine rings is 1. The van der Waals surface area contributed by atoms with Gasteiger partial charge in [0.15, 0.2) is 0 Å². The largest absolute Gasteiger partial charge is 0.491 e. The smallest absolute Gasteiger partial charge is 0.142 e. The fourth-order valence-electron chi connectivity index (χ4n) is 6.47. The molecule has 5 unspecified atom stereocenters. The highest BCUT2D eigenvalue weighted by atomic mass is 19.1. The van der Waals surface area contributed by atoms with Gasteiger partial charge in [-0.25, -0.2) is 4.39 Å². The third-order valence-corrected chi connectivity index (χ3v) is 7.95. The second kappa shape index (κ2) is 8.03. The van der Waals surface area contributed by atoms with Crippen molar-refractivity contribution >= 4 is 5.57 Å². The molecule has 0 bridgehead atoms. The monoisotopic (exact) mass is 423 g/mol. The van der Waals surface area contributed by atoms with E-state index in [9.17, 15) is 9.50 Å². The van der Waals surface area contributed by atoms with Gasteiger partial charge in [0, 0.05) is 6.20 Å². The first kappa shape index (κ1) is 20.7. The molecule has 1 heterocycles. The number of benzene rings is 1. The van der Waals surface area contributed by atoms with E-state index in [2.05, 4.69) is 30.1 Å². The van der Waals surface area contributed by atoms with Gasteiger partial charge in [0.2, 0.25) is 0 Å². The van der Waals surface area contributed by atoms with Crippen molar-refractivity contribution < 1.29 is 19.3 Å². The van der Waals surface area contributed by atoms with Gasteiger partial charge < -0.3 is 14.9 Å². The van der Waals surface area contributed by atoms with Gasteiger partial charge in [-0.15, -0.1) is 0 Å². The maximum absolute atomic E-state index is 13.8. The lowest BCUT2D eigenvalue weighted by molar-refractivity contribution is 0.0534. The number of ether oxygens (including phenoxy) is 1. The molecule has 1 aromatic heterocycles. The summed E-state index contributed by atoms with van der Waals surface area (Å²) in [5, 5.41) is 18.5. The molecule has 31 heavy (non-hydrogen) atoms. The molecule has 1 saturated carbocycles. The zero-order chi connectivity index (χ0) is 21.6. The van der Waals surface area contributed by atoms with Crippen molar-refractivity contribution in [3.8, 4) is 5.75 Å². The number of aliphatic hydroxyl groups is 2. The minimum atomic E-state index is -0.853. The van der Waals surface area contributed by atoms with E-state index in [4.69, 9.17) is 9.84 Å². The summed E-state index contributed by atoms with van der Waals surface area (Å²) >= 11 is 0. The first-order valence-corrected chi connectivity index (χ1v) is 11.4. The normalized spacial score (nSPS) is 30.1. The van der Waals surface area contributed by atoms with Crippen molar-refractivity contribution in [1.29, 1.82) is 0 Å². The van der Waals surface area contributed by atoms with Gasteiger partial charge in [0.05, 0.1) is 12.8 Å². The first-order chi connectivity index (χ1) is 15.0. The molecule has 0 saturated heterocycles. The Morgan fingerprint density at radius 1 is 1.26 bits per heavy atom. The van der Waals surface area contributed by atoms with Crippen LogP contribution in [0.1, 0.15) is 55.2 Å². The molecule has 5 atom stereocenters. The summed E-state index contributed by atoms with van der Waals surface area (Å²) < 4.78 is 19.5. The lowest BCUT2D eigenvalue weighted by atomic mass is 9.54. The van der Waals surface area contributed by atoms with E-state index in [1.165, 1.54) is 22.9 Å². The Labute approximate surface area is 182 Å². The Morgan fingerprint density at radius 3 is 2.94 bits per heavy atom. The zero-order valence-corrected chi connectivity index (χ0v) is 17.9. The molecular formula is C26H30FNO3. The van der Waals surface area contributed by atoms with Crippen molar-refractivity contribution in [3.63, 3.8) is 0 Å². The molecule has 4 nitrogen and oxygen atoms in total. The molecule has 2 N–H and O–H groups in total. The topological polar surface area (TPSA) is 62.6 Å². The van der Waals surface area contributed by atoms with Crippen molar-refractivity contribution in [1.82, 2.24) is 4.98 Å². The number of aliphatic hydroxyl groups excluding tert-OH is 2. The number of aryl methyl sites for hydroxylation is 1. The molecule has 5 rings (SSSR count). The molecule has 1 fully saturated rings. The average Bonchev–Trinajstić information content (AvgIpc) is 3.14. The van der Waals surface area contributed by atoms with Gasteiger partial charge in [-0.3, -0.25) is 4.98 Å². The Kier molecular flexibility index (Phi) is 5.35. The second-order valence-electron chi connectivity index (χ2n) is 9.63. The van der Waals surface area contributed by atoms with E-state index in [1.807, 2.05) is 6.07 Å². The lowest BCUT2D eigenvalue weighted by Gasteiger charge is -2.50. The molecule has 5 heteroatoms. The van der Waals surface area contributed by atoms with E-state index in [-0.39, 0.29) is 24.4 Å². The van der Waals surface area contributed by atoms with Crippen LogP contribution in [0.4, 0.5) is 4.39 Å². The number of hydrogen-bond acceptors (Lipinski definition) is 4. The number of nitrogens with zero attached hydrogens (tertiary/aromatic N) is 1. The summed E-state index contributed by atoms with van der Waals surface area (Å²) in [6, 6.07) is 7.94. The van der Waals surface area contributed by atoms with Crippen molar-refractivity contribution in [2.75, 3.05) is 13.2 Å². The van der Waals surface area contributed by atoms with Crippen LogP contribution in [0.5, 0.6) is 5.75 Å². The standard InChI is InChI=1S/C26H30FNO3/c1-26-9-8-22-21-5-3-20(31-15-19(30)14-29)11-16(21)2-4-23(22)25(26)7-6-24(26)17-10-18(27)13-28-12-17/h3,5-6,10-13,19,22-23,25,29-30H,2,4,7-9,14-15H2,1H3. The Balaban J connectivity index is 1.36. The number of halogens is 1. The van der Waals surface area contributed by atoms with Crippen LogP contribution in [0.15, 0.2) is 42.7 Å². The van der Waals surface area contributed by atoms with Crippen LogP contribution in [0, 0.1) is 23.1 Å². The van der Waals surface area contributed by atoms with E-state index in [0.29, 0.717) is 17.8 Å². The third-order valence-electron chi connectivity index (χ3n) is 7.95. The Morgan fingerprint density at radius 2 is 2.13 bits per heavy atom. The van der Waals surface area contributed by atoms with Gasteiger partial charge >= 0.3 is 0 Å². The highest BCUT2D eigenvalue weighted by Crippen LogP contribution is 2.63. The quantitative estimate of drug-likeness (QED) is 0.743. The summed E-state index contributed by atoms with van der Waals surface area (Å²) in [4.78, 5) is 4.09. The predicted molar refractivity (Wildman–Crippen MR) is 117 cm³/mol. The van der Waals surface area contributed by atoms with Gasteiger partial charge in [-0.1, -0.05) is 19.1 Å². The molecule has 2 aromatic rings.